The number of furan rings is 1. The van der Waals surface area contributed by atoms with E-state index in [9.17, 15) is 9.59 Å². The largest absolute Gasteiger partial charge is 0.466 e. The fraction of sp³-hybridized carbons (Fsp3) is 0.200. The Balaban J connectivity index is 2.04. The summed E-state index contributed by atoms with van der Waals surface area (Å²) >= 11 is 3.14. The molecule has 0 bridgehead atoms. The molecule has 0 unspecified atom stereocenters. The van der Waals surface area contributed by atoms with Crippen LogP contribution in [-0.4, -0.2) is 18.5 Å². The molecule has 0 fully saturated rings. The van der Waals surface area contributed by atoms with Gasteiger partial charge in [0.25, 0.3) is 5.91 Å². The number of rotatable bonds is 5. The fourth-order valence-electron chi connectivity index (χ4n) is 1.77. The molecule has 0 aliphatic rings. The first kappa shape index (κ1) is 15.3. The molecule has 0 atom stereocenters. The number of carbonyl (C=O) groups excluding carboxylic acids is 2. The number of amides is 1. The summed E-state index contributed by atoms with van der Waals surface area (Å²) in [6.07, 6.45) is 0.170. The van der Waals surface area contributed by atoms with Crippen LogP contribution in [0.2, 0.25) is 0 Å². The van der Waals surface area contributed by atoms with Crippen LogP contribution in [0.4, 0.5) is 5.69 Å². The van der Waals surface area contributed by atoms with E-state index >= 15 is 0 Å². The third kappa shape index (κ3) is 4.46. The van der Waals surface area contributed by atoms with Crippen LogP contribution in [0.3, 0.4) is 0 Å². The molecule has 0 aliphatic heterocycles. The SMILES string of the molecule is CCOC(=O)Cc1cccc(NC(=O)c2ccc(Br)o2)c1. The second kappa shape index (κ2) is 7.08. The Hall–Kier alpha value is -2.08. The number of benzene rings is 1. The summed E-state index contributed by atoms with van der Waals surface area (Å²) in [5.74, 6) is -0.442. The van der Waals surface area contributed by atoms with Crippen molar-refractivity contribution in [3.8, 4) is 0 Å². The number of carbonyl (C=O) groups is 2. The van der Waals surface area contributed by atoms with Crippen molar-refractivity contribution in [1.29, 1.82) is 0 Å². The molecule has 0 aliphatic carbocycles. The van der Waals surface area contributed by atoms with Gasteiger partial charge in [0.05, 0.1) is 13.0 Å². The summed E-state index contributed by atoms with van der Waals surface area (Å²) < 4.78 is 10.6. The Kier molecular flexibility index (Phi) is 5.16. The molecule has 1 heterocycles. The Morgan fingerprint density at radius 2 is 2.10 bits per heavy atom. The molecule has 0 saturated heterocycles. The summed E-state index contributed by atoms with van der Waals surface area (Å²) in [6.45, 7) is 2.11. The van der Waals surface area contributed by atoms with Gasteiger partial charge >= 0.3 is 5.97 Å². The van der Waals surface area contributed by atoms with Gasteiger partial charge in [0, 0.05) is 5.69 Å². The maximum atomic E-state index is 11.9. The van der Waals surface area contributed by atoms with Crippen LogP contribution in [0.5, 0.6) is 0 Å². The minimum absolute atomic E-state index is 0.170. The number of halogens is 1. The van der Waals surface area contributed by atoms with Gasteiger partial charge < -0.3 is 14.5 Å². The Labute approximate surface area is 130 Å². The van der Waals surface area contributed by atoms with Gasteiger partial charge in [0.1, 0.15) is 0 Å². The molecule has 1 aromatic heterocycles. The van der Waals surface area contributed by atoms with Crippen LogP contribution in [0.15, 0.2) is 45.5 Å². The summed E-state index contributed by atoms with van der Waals surface area (Å²) in [4.78, 5) is 23.4. The standard InChI is InChI=1S/C15H14BrNO4/c1-2-20-14(18)9-10-4-3-5-11(8-10)17-15(19)12-6-7-13(16)21-12/h3-8H,2,9H2,1H3,(H,17,19). The van der Waals surface area contributed by atoms with E-state index in [0.29, 0.717) is 17.0 Å². The molecule has 6 heteroatoms. The smallest absolute Gasteiger partial charge is 0.310 e. The number of esters is 1. The van der Waals surface area contributed by atoms with Crippen LogP contribution >= 0.6 is 15.9 Å². The van der Waals surface area contributed by atoms with Crippen molar-refractivity contribution in [2.24, 2.45) is 0 Å². The predicted octanol–water partition coefficient (Wildman–Crippen LogP) is 3.40. The molecule has 0 saturated carbocycles. The molecule has 0 radical (unpaired) electrons. The first-order valence-electron chi connectivity index (χ1n) is 6.39. The Bertz CT molecular complexity index is 651. The minimum Gasteiger partial charge on any atom is -0.466 e. The van der Waals surface area contributed by atoms with Gasteiger partial charge in [-0.25, -0.2) is 0 Å². The van der Waals surface area contributed by atoms with Crippen LogP contribution in [-0.2, 0) is 16.0 Å². The highest BCUT2D eigenvalue weighted by molar-refractivity contribution is 9.10. The van der Waals surface area contributed by atoms with E-state index in [0.717, 1.165) is 5.56 Å². The van der Waals surface area contributed by atoms with E-state index in [1.54, 1.807) is 43.3 Å². The summed E-state index contributed by atoms with van der Waals surface area (Å²) in [6, 6.07) is 10.3. The van der Waals surface area contributed by atoms with E-state index in [1.807, 2.05) is 0 Å². The average Bonchev–Trinajstić information content (AvgIpc) is 2.86. The van der Waals surface area contributed by atoms with Gasteiger partial charge in [-0.3, -0.25) is 9.59 Å². The third-order valence-electron chi connectivity index (χ3n) is 2.64. The van der Waals surface area contributed by atoms with Crippen molar-refractivity contribution in [3.05, 3.63) is 52.4 Å². The van der Waals surface area contributed by atoms with Gasteiger partial charge in [-0.1, -0.05) is 12.1 Å². The average molecular weight is 352 g/mol. The summed E-state index contributed by atoms with van der Waals surface area (Å²) in [7, 11) is 0. The quantitative estimate of drug-likeness (QED) is 0.838. The van der Waals surface area contributed by atoms with Gasteiger partial charge in [-0.05, 0) is 52.7 Å². The molecule has 1 aromatic carbocycles. The zero-order valence-electron chi connectivity index (χ0n) is 11.4. The second-order valence-electron chi connectivity index (χ2n) is 4.24. The van der Waals surface area contributed by atoms with Crippen molar-refractivity contribution in [1.82, 2.24) is 0 Å². The van der Waals surface area contributed by atoms with E-state index in [2.05, 4.69) is 21.2 Å². The van der Waals surface area contributed by atoms with Crippen LogP contribution in [0.25, 0.3) is 0 Å². The highest BCUT2D eigenvalue weighted by Gasteiger charge is 2.11. The zero-order chi connectivity index (χ0) is 15.2. The van der Waals surface area contributed by atoms with Crippen molar-refractivity contribution < 1.29 is 18.7 Å². The molecule has 1 amide bonds. The Morgan fingerprint density at radius 3 is 2.76 bits per heavy atom. The molecule has 2 rings (SSSR count). The summed E-state index contributed by atoms with van der Waals surface area (Å²) in [5.41, 5.74) is 1.36. The van der Waals surface area contributed by atoms with Crippen LogP contribution in [0, 0.1) is 0 Å². The molecule has 2 aromatic rings. The zero-order valence-corrected chi connectivity index (χ0v) is 13.0. The first-order valence-corrected chi connectivity index (χ1v) is 7.19. The minimum atomic E-state index is -0.353. The number of hydrogen-bond donors (Lipinski definition) is 1. The predicted molar refractivity (Wildman–Crippen MR) is 81.1 cm³/mol. The molecule has 1 N–H and O–H groups in total. The van der Waals surface area contributed by atoms with Crippen LogP contribution in [0.1, 0.15) is 23.0 Å². The number of nitrogens with one attached hydrogen (secondary N) is 1. The van der Waals surface area contributed by atoms with E-state index in [1.165, 1.54) is 0 Å². The van der Waals surface area contributed by atoms with E-state index in [4.69, 9.17) is 9.15 Å². The van der Waals surface area contributed by atoms with Crippen molar-refractivity contribution in [2.75, 3.05) is 11.9 Å². The van der Waals surface area contributed by atoms with Gasteiger partial charge in [0.2, 0.25) is 0 Å². The number of anilines is 1. The summed E-state index contributed by atoms with van der Waals surface area (Å²) in [5, 5.41) is 2.71. The lowest BCUT2D eigenvalue weighted by atomic mass is 10.1. The molecule has 21 heavy (non-hydrogen) atoms. The number of ether oxygens (including phenoxy) is 1. The molecule has 110 valence electrons. The maximum Gasteiger partial charge on any atom is 0.310 e. The lowest BCUT2D eigenvalue weighted by Crippen LogP contribution is -2.12. The maximum absolute atomic E-state index is 11.9. The van der Waals surface area contributed by atoms with Crippen LogP contribution < -0.4 is 5.32 Å². The lowest BCUT2D eigenvalue weighted by molar-refractivity contribution is -0.142. The molecule has 0 spiro atoms. The molecule has 5 nitrogen and oxygen atoms in total. The fourth-order valence-corrected chi connectivity index (χ4v) is 2.07. The Morgan fingerprint density at radius 1 is 1.29 bits per heavy atom. The normalized spacial score (nSPS) is 10.2. The van der Waals surface area contributed by atoms with Crippen molar-refractivity contribution >= 4 is 33.5 Å². The second-order valence-corrected chi connectivity index (χ2v) is 5.02. The highest BCUT2D eigenvalue weighted by Crippen LogP contribution is 2.17. The first-order chi connectivity index (χ1) is 10.1. The van der Waals surface area contributed by atoms with Gasteiger partial charge in [-0.2, -0.15) is 0 Å². The highest BCUT2D eigenvalue weighted by atomic mass is 79.9. The molecular formula is C15H14BrNO4. The van der Waals surface area contributed by atoms with E-state index < -0.39 is 0 Å². The van der Waals surface area contributed by atoms with Crippen molar-refractivity contribution in [3.63, 3.8) is 0 Å². The van der Waals surface area contributed by atoms with Gasteiger partial charge in [-0.15, -0.1) is 0 Å². The van der Waals surface area contributed by atoms with Crippen molar-refractivity contribution in [2.45, 2.75) is 13.3 Å². The topological polar surface area (TPSA) is 68.5 Å². The van der Waals surface area contributed by atoms with E-state index in [-0.39, 0.29) is 24.1 Å². The third-order valence-corrected chi connectivity index (χ3v) is 3.06. The number of hydrogen-bond acceptors (Lipinski definition) is 4. The van der Waals surface area contributed by atoms with Gasteiger partial charge in [0.15, 0.2) is 10.4 Å². The monoisotopic (exact) mass is 351 g/mol. The molecular weight excluding hydrogens is 338 g/mol. The lowest BCUT2D eigenvalue weighted by Gasteiger charge is -2.06.